The van der Waals surface area contributed by atoms with Crippen LogP contribution in [0.25, 0.3) is 11.3 Å². The van der Waals surface area contributed by atoms with E-state index in [1.54, 1.807) is 30.2 Å². The van der Waals surface area contributed by atoms with Crippen LogP contribution in [-0.4, -0.2) is 40.6 Å². The minimum Gasteiger partial charge on any atom is -0.493 e. The molecular formula is C24H24N4O4S. The lowest BCUT2D eigenvalue weighted by atomic mass is 10.1. The van der Waals surface area contributed by atoms with E-state index < -0.39 is 6.23 Å². The van der Waals surface area contributed by atoms with Gasteiger partial charge < -0.3 is 14.2 Å². The van der Waals surface area contributed by atoms with Gasteiger partial charge in [0.1, 0.15) is 0 Å². The van der Waals surface area contributed by atoms with Crippen LogP contribution < -0.4 is 19.1 Å². The third kappa shape index (κ3) is 4.49. The van der Waals surface area contributed by atoms with Gasteiger partial charge in [-0.25, -0.2) is 0 Å². The number of amides is 1. The van der Waals surface area contributed by atoms with Crippen LogP contribution in [0, 0.1) is 0 Å². The molecule has 2 heterocycles. The number of aromatic nitrogens is 3. The Morgan fingerprint density at radius 1 is 1.24 bits per heavy atom. The molecule has 33 heavy (non-hydrogen) atoms. The Morgan fingerprint density at radius 2 is 2.06 bits per heavy atom. The van der Waals surface area contributed by atoms with Crippen LogP contribution in [0.5, 0.6) is 17.4 Å². The smallest absolute Gasteiger partial charge is 0.247 e. The number of methoxy groups -OCH3 is 1. The molecule has 0 aliphatic carbocycles. The van der Waals surface area contributed by atoms with Gasteiger partial charge in [0, 0.05) is 23.8 Å². The number of rotatable bonds is 7. The summed E-state index contributed by atoms with van der Waals surface area (Å²) in [6.45, 7) is 7.64. The molecule has 0 spiro atoms. The van der Waals surface area contributed by atoms with Crippen LogP contribution >= 0.6 is 11.8 Å². The summed E-state index contributed by atoms with van der Waals surface area (Å²) in [5, 5.41) is 9.09. The fourth-order valence-electron chi connectivity index (χ4n) is 3.58. The van der Waals surface area contributed by atoms with Gasteiger partial charge in [0.25, 0.3) is 0 Å². The number of hydrogen-bond acceptors (Lipinski definition) is 8. The third-order valence-corrected chi connectivity index (χ3v) is 5.79. The van der Waals surface area contributed by atoms with Crippen LogP contribution in [0.15, 0.2) is 60.3 Å². The molecule has 170 valence electrons. The molecule has 3 aromatic rings. The number of hydrogen-bond donors (Lipinski definition) is 0. The predicted molar refractivity (Wildman–Crippen MR) is 127 cm³/mol. The van der Waals surface area contributed by atoms with Gasteiger partial charge in [-0.05, 0) is 31.2 Å². The average Bonchev–Trinajstić information content (AvgIpc) is 2.97. The molecule has 0 unspecified atom stereocenters. The van der Waals surface area contributed by atoms with E-state index in [-0.39, 0.29) is 5.91 Å². The highest BCUT2D eigenvalue weighted by Crippen LogP contribution is 2.44. The molecule has 4 rings (SSSR count). The van der Waals surface area contributed by atoms with Crippen molar-refractivity contribution in [1.29, 1.82) is 0 Å². The summed E-state index contributed by atoms with van der Waals surface area (Å²) in [6.07, 6.45) is 0.964. The van der Waals surface area contributed by atoms with E-state index in [1.165, 1.54) is 18.7 Å². The molecule has 1 aromatic heterocycles. The SMILES string of the molecule is C=CCSc1nnc2c(n1)O[C@@H](c1ccc(OCC)c(OC)c1)N(C(C)=O)c1ccccc1-2. The largest absolute Gasteiger partial charge is 0.493 e. The van der Waals surface area contributed by atoms with Gasteiger partial charge >= 0.3 is 0 Å². The fourth-order valence-corrected chi connectivity index (χ4v) is 4.09. The van der Waals surface area contributed by atoms with Gasteiger partial charge in [0.15, 0.2) is 17.2 Å². The Bertz CT molecular complexity index is 1190. The Hall–Kier alpha value is -3.59. The first kappa shape index (κ1) is 22.6. The van der Waals surface area contributed by atoms with E-state index in [0.717, 1.165) is 0 Å². The van der Waals surface area contributed by atoms with Crippen LogP contribution in [0.4, 0.5) is 5.69 Å². The molecule has 0 saturated heterocycles. The molecule has 1 aliphatic rings. The minimum atomic E-state index is -0.802. The van der Waals surface area contributed by atoms with Crippen molar-refractivity contribution in [2.75, 3.05) is 24.4 Å². The zero-order valence-electron chi connectivity index (χ0n) is 18.6. The highest BCUT2D eigenvalue weighted by atomic mass is 32.2. The summed E-state index contributed by atoms with van der Waals surface area (Å²) in [6, 6.07) is 12.9. The van der Waals surface area contributed by atoms with Crippen molar-refractivity contribution in [2.24, 2.45) is 0 Å². The molecule has 9 heteroatoms. The number of thioether (sulfide) groups is 1. The zero-order valence-corrected chi connectivity index (χ0v) is 19.5. The van der Waals surface area contributed by atoms with Gasteiger partial charge in [0.2, 0.25) is 23.2 Å². The van der Waals surface area contributed by atoms with E-state index in [4.69, 9.17) is 14.2 Å². The lowest BCUT2D eigenvalue weighted by Crippen LogP contribution is -2.36. The summed E-state index contributed by atoms with van der Waals surface area (Å²) in [4.78, 5) is 19.1. The topological polar surface area (TPSA) is 86.7 Å². The zero-order chi connectivity index (χ0) is 23.4. The molecule has 1 atom stereocenters. The maximum atomic E-state index is 12.9. The van der Waals surface area contributed by atoms with E-state index in [2.05, 4.69) is 21.8 Å². The van der Waals surface area contributed by atoms with Crippen molar-refractivity contribution >= 4 is 23.4 Å². The molecule has 0 radical (unpaired) electrons. The van der Waals surface area contributed by atoms with Gasteiger partial charge in [-0.3, -0.25) is 9.69 Å². The van der Waals surface area contributed by atoms with Gasteiger partial charge in [-0.15, -0.1) is 16.8 Å². The van der Waals surface area contributed by atoms with Crippen LogP contribution in [0.2, 0.25) is 0 Å². The van der Waals surface area contributed by atoms with E-state index in [1.807, 2.05) is 37.3 Å². The van der Waals surface area contributed by atoms with Crippen molar-refractivity contribution in [1.82, 2.24) is 15.2 Å². The molecule has 0 N–H and O–H groups in total. The number of para-hydroxylation sites is 1. The van der Waals surface area contributed by atoms with Crippen molar-refractivity contribution in [3.05, 3.63) is 60.7 Å². The summed E-state index contributed by atoms with van der Waals surface area (Å²) < 4.78 is 17.5. The number of fused-ring (bicyclic) bond motifs is 3. The van der Waals surface area contributed by atoms with E-state index in [9.17, 15) is 4.79 Å². The number of benzene rings is 2. The van der Waals surface area contributed by atoms with Gasteiger partial charge in [-0.1, -0.05) is 36.0 Å². The van der Waals surface area contributed by atoms with Crippen molar-refractivity contribution < 1.29 is 19.0 Å². The molecule has 2 aromatic carbocycles. The quantitative estimate of drug-likeness (QED) is 0.368. The first-order valence-corrected chi connectivity index (χ1v) is 11.4. The van der Waals surface area contributed by atoms with Crippen LogP contribution in [-0.2, 0) is 4.79 Å². The fraction of sp³-hybridized carbons (Fsp3) is 0.250. The molecule has 0 bridgehead atoms. The van der Waals surface area contributed by atoms with Crippen molar-refractivity contribution in [3.8, 4) is 28.6 Å². The lowest BCUT2D eigenvalue weighted by Gasteiger charge is -2.30. The predicted octanol–water partition coefficient (Wildman–Crippen LogP) is 4.67. The second-order valence-corrected chi connectivity index (χ2v) is 8.05. The first-order chi connectivity index (χ1) is 16.1. The number of ether oxygens (including phenoxy) is 3. The summed E-state index contributed by atoms with van der Waals surface area (Å²) in [5.74, 6) is 1.89. The second kappa shape index (κ2) is 9.91. The van der Waals surface area contributed by atoms with Gasteiger partial charge in [-0.2, -0.15) is 4.98 Å². The summed E-state index contributed by atoms with van der Waals surface area (Å²) >= 11 is 1.40. The molecule has 0 fully saturated rings. The maximum Gasteiger partial charge on any atom is 0.247 e. The minimum absolute atomic E-state index is 0.192. The molecule has 0 saturated carbocycles. The first-order valence-electron chi connectivity index (χ1n) is 10.4. The molecule has 1 aliphatic heterocycles. The molecule has 1 amide bonds. The van der Waals surface area contributed by atoms with E-state index in [0.29, 0.717) is 57.4 Å². The number of carbonyl (C=O) groups is 1. The monoisotopic (exact) mass is 464 g/mol. The third-order valence-electron chi connectivity index (χ3n) is 4.95. The standard InChI is InChI=1S/C24H24N4O4S/c1-5-13-33-24-25-22-21(26-27-24)17-9-7-8-10-18(17)28(15(3)29)23(32-22)16-11-12-19(31-6-2)20(14-16)30-4/h5,7-12,14,23H,1,6,13H2,2-4H3/t23-/m0/s1. The lowest BCUT2D eigenvalue weighted by molar-refractivity contribution is -0.118. The summed E-state index contributed by atoms with van der Waals surface area (Å²) in [5.41, 5.74) is 2.54. The van der Waals surface area contributed by atoms with Crippen LogP contribution in [0.3, 0.4) is 0 Å². The van der Waals surface area contributed by atoms with E-state index >= 15 is 0 Å². The molecular weight excluding hydrogens is 440 g/mol. The number of carbonyl (C=O) groups excluding carboxylic acids is 1. The number of anilines is 1. The van der Waals surface area contributed by atoms with Crippen LogP contribution in [0.1, 0.15) is 25.6 Å². The second-order valence-electron chi connectivity index (χ2n) is 7.07. The van der Waals surface area contributed by atoms with Crippen molar-refractivity contribution in [3.63, 3.8) is 0 Å². The normalized spacial score (nSPS) is 14.4. The van der Waals surface area contributed by atoms with Gasteiger partial charge in [0.05, 0.1) is 19.4 Å². The highest BCUT2D eigenvalue weighted by Gasteiger charge is 2.35. The Labute approximate surface area is 196 Å². The average molecular weight is 465 g/mol. The van der Waals surface area contributed by atoms with Crippen molar-refractivity contribution in [2.45, 2.75) is 25.2 Å². The molecule has 8 nitrogen and oxygen atoms in total. The number of nitrogens with zero attached hydrogens (tertiary/aromatic N) is 4. The highest BCUT2D eigenvalue weighted by molar-refractivity contribution is 7.99. The maximum absolute atomic E-state index is 12.9. The Morgan fingerprint density at radius 3 is 2.79 bits per heavy atom. The summed E-state index contributed by atoms with van der Waals surface area (Å²) in [7, 11) is 1.57. The Kier molecular flexibility index (Phi) is 6.79. The Balaban J connectivity index is 1.88.